The first-order valence-corrected chi connectivity index (χ1v) is 10.2. The maximum Gasteiger partial charge on any atom is 0.267 e. The highest BCUT2D eigenvalue weighted by Crippen LogP contribution is 2.24. The predicted octanol–water partition coefficient (Wildman–Crippen LogP) is 3.90. The van der Waals surface area contributed by atoms with Crippen molar-refractivity contribution >= 4 is 41.2 Å². The minimum absolute atomic E-state index is 0.154. The monoisotopic (exact) mass is 458 g/mol. The molecule has 2 N–H and O–H groups in total. The number of aliphatic imine (C=N–C) groups is 1. The zero-order valence-electron chi connectivity index (χ0n) is 17.4. The molecule has 9 heteroatoms. The second-order valence-electron chi connectivity index (χ2n) is 6.61. The summed E-state index contributed by atoms with van der Waals surface area (Å²) in [7, 11) is 0. The Kier molecular flexibility index (Phi) is 8.00. The third-order valence-electron chi connectivity index (χ3n) is 4.42. The summed E-state index contributed by atoms with van der Waals surface area (Å²) in [6.45, 7) is 0.272. The number of allylic oxidation sites excluding steroid dienone is 1. The molecule has 0 bridgehead atoms. The molecule has 0 saturated heterocycles. The lowest BCUT2D eigenvalue weighted by molar-refractivity contribution is 0.0895. The number of rotatable bonds is 7. The van der Waals surface area contributed by atoms with Crippen LogP contribution in [0.25, 0.3) is 5.57 Å². The second kappa shape index (κ2) is 11.3. The Morgan fingerprint density at radius 1 is 1.06 bits per heavy atom. The van der Waals surface area contributed by atoms with Crippen LogP contribution < -0.4 is 10.6 Å². The fourth-order valence-electron chi connectivity index (χ4n) is 2.82. The number of halogens is 1. The summed E-state index contributed by atoms with van der Waals surface area (Å²) < 4.78 is 0. The molecule has 1 heterocycles. The quantitative estimate of drug-likeness (QED) is 0.325. The molecule has 1 aromatic heterocycles. The van der Waals surface area contributed by atoms with Gasteiger partial charge in [0.05, 0.1) is 35.9 Å². The van der Waals surface area contributed by atoms with Gasteiger partial charge in [0.1, 0.15) is 0 Å². The molecular formula is C24H19ClN6O2. The van der Waals surface area contributed by atoms with Crippen molar-refractivity contribution in [3.63, 3.8) is 0 Å². The Morgan fingerprint density at radius 3 is 2.15 bits per heavy atom. The maximum absolute atomic E-state index is 13.3. The van der Waals surface area contributed by atoms with Crippen LogP contribution in [0.5, 0.6) is 0 Å². The van der Waals surface area contributed by atoms with E-state index in [1.165, 1.54) is 18.6 Å². The summed E-state index contributed by atoms with van der Waals surface area (Å²) in [6, 6.07) is 18.7. The van der Waals surface area contributed by atoms with Gasteiger partial charge in [0.25, 0.3) is 11.8 Å². The number of hydrogen-bond acceptors (Lipinski definition) is 7. The van der Waals surface area contributed by atoms with Crippen molar-refractivity contribution in [3.8, 4) is 6.07 Å². The molecule has 0 saturated carbocycles. The van der Waals surface area contributed by atoms with Gasteiger partial charge in [0.2, 0.25) is 5.95 Å². The molecule has 0 radical (unpaired) electrons. The van der Waals surface area contributed by atoms with Crippen LogP contribution in [0.2, 0.25) is 5.02 Å². The van der Waals surface area contributed by atoms with Crippen molar-refractivity contribution in [2.75, 3.05) is 11.4 Å². The SMILES string of the molecule is N#CCCN=C/C(=C\N)c1nc(N(C(=O)c2ccccc2)C(=O)c2ccccc2)ncc1Cl. The van der Waals surface area contributed by atoms with E-state index in [1.807, 2.05) is 6.07 Å². The maximum atomic E-state index is 13.3. The van der Waals surface area contributed by atoms with E-state index in [-0.39, 0.29) is 40.8 Å². The van der Waals surface area contributed by atoms with Gasteiger partial charge in [-0.05, 0) is 24.3 Å². The molecule has 3 aromatic rings. The van der Waals surface area contributed by atoms with Gasteiger partial charge in [0, 0.05) is 29.1 Å². The summed E-state index contributed by atoms with van der Waals surface area (Å²) in [5.74, 6) is -1.36. The topological polar surface area (TPSA) is 125 Å². The number of imide groups is 1. The van der Waals surface area contributed by atoms with E-state index in [4.69, 9.17) is 22.6 Å². The predicted molar refractivity (Wildman–Crippen MR) is 127 cm³/mol. The number of carbonyl (C=O) groups excluding carboxylic acids is 2. The summed E-state index contributed by atoms with van der Waals surface area (Å²) in [5, 5.41) is 8.82. The second-order valence-corrected chi connectivity index (χ2v) is 7.02. The number of anilines is 1. The number of hydrogen-bond donors (Lipinski definition) is 1. The molecule has 3 rings (SSSR count). The van der Waals surface area contributed by atoms with Crippen molar-refractivity contribution in [2.45, 2.75) is 6.42 Å². The van der Waals surface area contributed by atoms with E-state index in [0.717, 1.165) is 4.90 Å². The summed E-state index contributed by atoms with van der Waals surface area (Å²) in [5.41, 5.74) is 6.84. The van der Waals surface area contributed by atoms with E-state index in [2.05, 4.69) is 15.0 Å². The van der Waals surface area contributed by atoms with Crippen LogP contribution in [0.15, 0.2) is 78.1 Å². The van der Waals surface area contributed by atoms with Crippen LogP contribution in [-0.4, -0.2) is 34.5 Å². The Hall–Kier alpha value is -4.35. The Bertz CT molecular complexity index is 1190. The number of nitrogens with two attached hydrogens (primary N) is 1. The first-order valence-electron chi connectivity index (χ1n) is 9.87. The van der Waals surface area contributed by atoms with Crippen LogP contribution in [0, 0.1) is 11.3 Å². The van der Waals surface area contributed by atoms with Gasteiger partial charge >= 0.3 is 0 Å². The standard InChI is InChI=1S/C24H19ClN6O2/c25-20-16-29-24(30-21(20)19(14-27)15-28-13-7-12-26)31(22(32)17-8-3-1-4-9-17)23(33)18-10-5-2-6-11-18/h1-6,8-11,14-16H,7,13,27H2/b19-14+,28-15?. The molecule has 2 aromatic carbocycles. The first kappa shape index (κ1) is 23.3. The average molecular weight is 459 g/mol. The van der Waals surface area contributed by atoms with Gasteiger partial charge < -0.3 is 5.73 Å². The zero-order valence-corrected chi connectivity index (χ0v) is 18.2. The van der Waals surface area contributed by atoms with Crippen molar-refractivity contribution in [3.05, 3.63) is 94.9 Å². The minimum Gasteiger partial charge on any atom is -0.404 e. The molecule has 0 atom stereocenters. The van der Waals surface area contributed by atoms with Crippen LogP contribution in [-0.2, 0) is 0 Å². The van der Waals surface area contributed by atoms with Crippen molar-refractivity contribution in [2.24, 2.45) is 10.7 Å². The lowest BCUT2D eigenvalue weighted by Crippen LogP contribution is -2.38. The highest BCUT2D eigenvalue weighted by atomic mass is 35.5. The number of benzene rings is 2. The average Bonchev–Trinajstić information content (AvgIpc) is 2.86. The van der Waals surface area contributed by atoms with Gasteiger partial charge in [-0.15, -0.1) is 0 Å². The number of nitrogens with zero attached hydrogens (tertiary/aromatic N) is 5. The van der Waals surface area contributed by atoms with Gasteiger partial charge in [-0.2, -0.15) is 5.26 Å². The molecule has 0 unspecified atom stereocenters. The molecule has 0 fully saturated rings. The normalized spacial score (nSPS) is 11.2. The van der Waals surface area contributed by atoms with Gasteiger partial charge in [0.15, 0.2) is 0 Å². The summed E-state index contributed by atoms with van der Waals surface area (Å²) >= 11 is 6.28. The molecule has 0 aliphatic rings. The smallest absolute Gasteiger partial charge is 0.267 e. The molecule has 8 nitrogen and oxygen atoms in total. The van der Waals surface area contributed by atoms with Gasteiger partial charge in [-0.1, -0.05) is 48.0 Å². The largest absolute Gasteiger partial charge is 0.404 e. The third kappa shape index (κ3) is 5.67. The van der Waals surface area contributed by atoms with Crippen LogP contribution in [0.1, 0.15) is 32.8 Å². The fourth-order valence-corrected chi connectivity index (χ4v) is 3.02. The molecule has 2 amide bonds. The van der Waals surface area contributed by atoms with E-state index in [9.17, 15) is 9.59 Å². The molecular weight excluding hydrogens is 440 g/mol. The zero-order chi connectivity index (χ0) is 23.6. The van der Waals surface area contributed by atoms with Crippen molar-refractivity contribution in [1.29, 1.82) is 5.26 Å². The van der Waals surface area contributed by atoms with Crippen molar-refractivity contribution < 1.29 is 9.59 Å². The molecule has 164 valence electrons. The minimum atomic E-state index is -0.598. The highest BCUT2D eigenvalue weighted by molar-refractivity contribution is 6.33. The lowest BCUT2D eigenvalue weighted by atomic mass is 10.1. The van der Waals surface area contributed by atoms with Crippen LogP contribution in [0.3, 0.4) is 0 Å². The summed E-state index contributed by atoms with van der Waals surface area (Å²) in [4.78, 5) is 40.2. The fraction of sp³-hybridized carbons (Fsp3) is 0.0833. The number of nitriles is 1. The van der Waals surface area contributed by atoms with Crippen LogP contribution in [0.4, 0.5) is 5.95 Å². The van der Waals surface area contributed by atoms with Gasteiger partial charge in [-0.3, -0.25) is 14.6 Å². The molecule has 33 heavy (non-hydrogen) atoms. The Balaban J connectivity index is 2.08. The van der Waals surface area contributed by atoms with Crippen LogP contribution >= 0.6 is 11.6 Å². The highest BCUT2D eigenvalue weighted by Gasteiger charge is 2.29. The van der Waals surface area contributed by atoms with E-state index >= 15 is 0 Å². The molecule has 0 spiro atoms. The van der Waals surface area contributed by atoms with Gasteiger partial charge in [-0.25, -0.2) is 14.9 Å². The van der Waals surface area contributed by atoms with E-state index in [1.54, 1.807) is 60.7 Å². The lowest BCUT2D eigenvalue weighted by Gasteiger charge is -2.20. The number of amides is 2. The summed E-state index contributed by atoms with van der Waals surface area (Å²) in [6.07, 6.45) is 4.20. The van der Waals surface area contributed by atoms with E-state index in [0.29, 0.717) is 5.57 Å². The molecule has 0 aliphatic heterocycles. The first-order chi connectivity index (χ1) is 16.1. The Labute approximate surface area is 195 Å². The van der Waals surface area contributed by atoms with E-state index < -0.39 is 11.8 Å². The van der Waals surface area contributed by atoms with Crippen molar-refractivity contribution in [1.82, 2.24) is 9.97 Å². The molecule has 0 aliphatic carbocycles. The number of carbonyl (C=O) groups is 2. The Morgan fingerprint density at radius 2 is 1.64 bits per heavy atom. The number of aromatic nitrogens is 2. The third-order valence-corrected chi connectivity index (χ3v) is 4.69.